The van der Waals surface area contributed by atoms with Crippen molar-refractivity contribution in [2.75, 3.05) is 38.2 Å². The SMILES string of the molecule is N#Cc1ccc(CN(CC(=O)Nc2ccc(CN3CCOCC3)cc2)Cc2cccc(F)c2)cc1. The van der Waals surface area contributed by atoms with E-state index in [-0.39, 0.29) is 18.3 Å². The number of hydrogen-bond donors (Lipinski definition) is 1. The second-order valence-electron chi connectivity index (χ2n) is 8.72. The van der Waals surface area contributed by atoms with Gasteiger partial charge in [-0.05, 0) is 53.1 Å². The highest BCUT2D eigenvalue weighted by Crippen LogP contribution is 2.15. The van der Waals surface area contributed by atoms with Gasteiger partial charge in [-0.2, -0.15) is 5.26 Å². The van der Waals surface area contributed by atoms with Gasteiger partial charge in [0.2, 0.25) is 5.91 Å². The highest BCUT2D eigenvalue weighted by molar-refractivity contribution is 5.92. The molecule has 3 aromatic carbocycles. The first kappa shape index (κ1) is 24.6. The molecule has 4 rings (SSSR count). The summed E-state index contributed by atoms with van der Waals surface area (Å²) in [5, 5.41) is 12.0. The van der Waals surface area contributed by atoms with Crippen molar-refractivity contribution >= 4 is 11.6 Å². The Bertz CT molecular complexity index is 1150. The van der Waals surface area contributed by atoms with Crippen LogP contribution in [0.1, 0.15) is 22.3 Å². The first-order chi connectivity index (χ1) is 17.1. The molecule has 1 N–H and O–H groups in total. The zero-order valence-electron chi connectivity index (χ0n) is 19.6. The predicted octanol–water partition coefficient (Wildman–Crippen LogP) is 4.17. The number of anilines is 1. The number of nitrogens with zero attached hydrogens (tertiary/aromatic N) is 3. The lowest BCUT2D eigenvalue weighted by atomic mass is 10.1. The molecular weight excluding hydrogens is 443 g/mol. The Hall–Kier alpha value is -3.57. The molecule has 0 bridgehead atoms. The van der Waals surface area contributed by atoms with Gasteiger partial charge in [0, 0.05) is 38.4 Å². The van der Waals surface area contributed by atoms with Gasteiger partial charge in [0.1, 0.15) is 5.82 Å². The summed E-state index contributed by atoms with van der Waals surface area (Å²) in [4.78, 5) is 17.2. The van der Waals surface area contributed by atoms with Crippen molar-refractivity contribution in [2.45, 2.75) is 19.6 Å². The minimum Gasteiger partial charge on any atom is -0.379 e. The zero-order valence-corrected chi connectivity index (χ0v) is 19.6. The van der Waals surface area contributed by atoms with Gasteiger partial charge < -0.3 is 10.1 Å². The Balaban J connectivity index is 1.38. The number of amides is 1. The number of rotatable bonds is 9. The molecular formula is C28H29FN4O2. The van der Waals surface area contributed by atoms with E-state index >= 15 is 0 Å². The Morgan fingerprint density at radius 1 is 0.971 bits per heavy atom. The number of halogens is 1. The second-order valence-corrected chi connectivity index (χ2v) is 8.72. The van der Waals surface area contributed by atoms with E-state index in [1.165, 1.54) is 17.7 Å². The summed E-state index contributed by atoms with van der Waals surface area (Å²) in [6.07, 6.45) is 0. The fourth-order valence-corrected chi connectivity index (χ4v) is 4.12. The zero-order chi connectivity index (χ0) is 24.5. The summed E-state index contributed by atoms with van der Waals surface area (Å²) >= 11 is 0. The van der Waals surface area contributed by atoms with E-state index in [1.807, 2.05) is 47.4 Å². The minimum absolute atomic E-state index is 0.143. The summed E-state index contributed by atoms with van der Waals surface area (Å²) in [7, 11) is 0. The van der Waals surface area contributed by atoms with Gasteiger partial charge in [0.05, 0.1) is 31.4 Å². The molecule has 3 aromatic rings. The van der Waals surface area contributed by atoms with Crippen molar-refractivity contribution in [3.05, 3.63) is 101 Å². The van der Waals surface area contributed by atoms with Crippen LogP contribution < -0.4 is 5.32 Å². The first-order valence-corrected chi connectivity index (χ1v) is 11.7. The molecule has 35 heavy (non-hydrogen) atoms. The molecule has 1 aliphatic rings. The molecule has 0 aliphatic carbocycles. The summed E-state index contributed by atoms with van der Waals surface area (Å²) in [5.41, 5.74) is 4.28. The predicted molar refractivity (Wildman–Crippen MR) is 133 cm³/mol. The summed E-state index contributed by atoms with van der Waals surface area (Å²) in [6, 6.07) is 23.7. The average molecular weight is 473 g/mol. The first-order valence-electron chi connectivity index (χ1n) is 11.7. The largest absolute Gasteiger partial charge is 0.379 e. The Morgan fingerprint density at radius 3 is 2.34 bits per heavy atom. The summed E-state index contributed by atoms with van der Waals surface area (Å²) in [5.74, 6) is -0.446. The van der Waals surface area contributed by atoms with Crippen molar-refractivity contribution in [1.29, 1.82) is 5.26 Å². The van der Waals surface area contributed by atoms with Crippen LogP contribution in [0.4, 0.5) is 10.1 Å². The van der Waals surface area contributed by atoms with E-state index in [4.69, 9.17) is 10.00 Å². The summed E-state index contributed by atoms with van der Waals surface area (Å²) in [6.45, 7) is 5.32. The molecule has 0 saturated carbocycles. The van der Waals surface area contributed by atoms with Gasteiger partial charge in [-0.1, -0.05) is 36.4 Å². The second kappa shape index (κ2) is 12.2. The lowest BCUT2D eigenvalue weighted by Gasteiger charge is -2.26. The Kier molecular flexibility index (Phi) is 8.58. The van der Waals surface area contributed by atoms with Crippen molar-refractivity contribution in [3.8, 4) is 6.07 Å². The normalized spacial score (nSPS) is 14.0. The van der Waals surface area contributed by atoms with Crippen molar-refractivity contribution in [2.24, 2.45) is 0 Å². The van der Waals surface area contributed by atoms with E-state index in [0.29, 0.717) is 18.7 Å². The van der Waals surface area contributed by atoms with Crippen LogP contribution in [-0.4, -0.2) is 48.6 Å². The van der Waals surface area contributed by atoms with Crippen molar-refractivity contribution in [1.82, 2.24) is 9.80 Å². The molecule has 0 atom stereocenters. The quantitative estimate of drug-likeness (QED) is 0.506. The molecule has 180 valence electrons. The van der Waals surface area contributed by atoms with Crippen LogP contribution in [0, 0.1) is 17.1 Å². The molecule has 1 fully saturated rings. The number of morpholine rings is 1. The molecule has 1 amide bonds. The topological polar surface area (TPSA) is 68.6 Å². The van der Waals surface area contributed by atoms with E-state index < -0.39 is 0 Å². The van der Waals surface area contributed by atoms with Gasteiger partial charge >= 0.3 is 0 Å². The van der Waals surface area contributed by atoms with Crippen molar-refractivity contribution in [3.63, 3.8) is 0 Å². The number of benzene rings is 3. The van der Waals surface area contributed by atoms with Gasteiger partial charge in [-0.3, -0.25) is 14.6 Å². The van der Waals surface area contributed by atoms with Crippen LogP contribution in [0.15, 0.2) is 72.8 Å². The monoisotopic (exact) mass is 472 g/mol. The highest BCUT2D eigenvalue weighted by atomic mass is 19.1. The maximum absolute atomic E-state index is 13.7. The van der Waals surface area contributed by atoms with Crippen LogP contribution >= 0.6 is 0 Å². The van der Waals surface area contributed by atoms with E-state index in [0.717, 1.165) is 49.7 Å². The van der Waals surface area contributed by atoms with Gasteiger partial charge in [0.25, 0.3) is 0 Å². The van der Waals surface area contributed by atoms with Crippen LogP contribution in [0.25, 0.3) is 0 Å². The maximum atomic E-state index is 13.7. The van der Waals surface area contributed by atoms with Crippen LogP contribution in [0.5, 0.6) is 0 Å². The van der Waals surface area contributed by atoms with E-state index in [9.17, 15) is 9.18 Å². The number of carbonyl (C=O) groups is 1. The van der Waals surface area contributed by atoms with Crippen molar-refractivity contribution < 1.29 is 13.9 Å². The molecule has 1 heterocycles. The molecule has 0 radical (unpaired) electrons. The smallest absolute Gasteiger partial charge is 0.238 e. The average Bonchev–Trinajstić information content (AvgIpc) is 2.86. The Morgan fingerprint density at radius 2 is 1.66 bits per heavy atom. The van der Waals surface area contributed by atoms with Gasteiger partial charge in [0.15, 0.2) is 0 Å². The van der Waals surface area contributed by atoms with Crippen LogP contribution in [0.3, 0.4) is 0 Å². The third-order valence-electron chi connectivity index (χ3n) is 5.90. The summed E-state index contributed by atoms with van der Waals surface area (Å²) < 4.78 is 19.1. The third kappa shape index (κ3) is 7.72. The standard InChI is InChI=1S/C28H29FN4O2/c29-26-3-1-2-25(16-26)20-33(19-23-6-4-22(17-30)5-7-23)21-28(34)31-27-10-8-24(9-11-27)18-32-12-14-35-15-13-32/h1-11,16H,12-15,18-21H2,(H,31,34). The fraction of sp³-hybridized carbons (Fsp3) is 0.286. The van der Waals surface area contributed by atoms with E-state index in [1.54, 1.807) is 18.2 Å². The lowest BCUT2D eigenvalue weighted by molar-refractivity contribution is -0.117. The Labute approximate surface area is 205 Å². The molecule has 0 spiro atoms. The molecule has 1 aliphatic heterocycles. The molecule has 1 saturated heterocycles. The third-order valence-corrected chi connectivity index (χ3v) is 5.90. The number of nitrogens with one attached hydrogen (secondary N) is 1. The fourth-order valence-electron chi connectivity index (χ4n) is 4.12. The molecule has 0 aromatic heterocycles. The lowest BCUT2D eigenvalue weighted by Crippen LogP contribution is -2.35. The van der Waals surface area contributed by atoms with E-state index in [2.05, 4.69) is 16.3 Å². The molecule has 0 unspecified atom stereocenters. The number of ether oxygens (including phenoxy) is 1. The molecule has 6 nitrogen and oxygen atoms in total. The van der Waals surface area contributed by atoms with Crippen LogP contribution in [-0.2, 0) is 29.2 Å². The van der Waals surface area contributed by atoms with Crippen LogP contribution in [0.2, 0.25) is 0 Å². The van der Waals surface area contributed by atoms with Gasteiger partial charge in [-0.25, -0.2) is 4.39 Å². The number of hydrogen-bond acceptors (Lipinski definition) is 5. The van der Waals surface area contributed by atoms with Gasteiger partial charge in [-0.15, -0.1) is 0 Å². The molecule has 7 heteroatoms. The maximum Gasteiger partial charge on any atom is 0.238 e. The number of carbonyl (C=O) groups excluding carboxylic acids is 1. The number of nitriles is 1. The minimum atomic E-state index is -0.303. The highest BCUT2D eigenvalue weighted by Gasteiger charge is 2.14.